The molecule has 150 valence electrons. The molecule has 2 rings (SSSR count). The lowest BCUT2D eigenvalue weighted by molar-refractivity contribution is -0.117. The standard InChI is InChI=1S/C23H24N2O4/c1-4-5-11-25-22(26)19(15-24)13-17-9-10-20(21(14-17)28-3)29-23(27)18-8-6-7-16(2)12-18/h6-10,12-14H,4-5,11H2,1-3H3,(H,25,26)/b19-13+. The van der Waals surface area contributed by atoms with Crippen molar-refractivity contribution in [3.05, 3.63) is 64.7 Å². The third-order valence-corrected chi connectivity index (χ3v) is 4.14. The highest BCUT2D eigenvalue weighted by molar-refractivity contribution is 6.01. The van der Waals surface area contributed by atoms with Crippen LogP contribution in [-0.4, -0.2) is 25.5 Å². The Morgan fingerprint density at radius 2 is 1.97 bits per heavy atom. The normalized spacial score (nSPS) is 10.8. The van der Waals surface area contributed by atoms with E-state index in [1.54, 1.807) is 36.4 Å². The van der Waals surface area contributed by atoms with Gasteiger partial charge in [-0.05, 0) is 49.2 Å². The second kappa shape index (κ2) is 10.7. The maximum absolute atomic E-state index is 12.4. The molecular weight excluding hydrogens is 368 g/mol. The van der Waals surface area contributed by atoms with Crippen molar-refractivity contribution in [2.24, 2.45) is 0 Å². The molecule has 1 amide bonds. The van der Waals surface area contributed by atoms with Crippen LogP contribution in [0.4, 0.5) is 0 Å². The number of unbranched alkanes of at least 4 members (excludes halogenated alkanes) is 1. The van der Waals surface area contributed by atoms with Crippen LogP contribution in [0.1, 0.15) is 41.3 Å². The van der Waals surface area contributed by atoms with Gasteiger partial charge in [0.05, 0.1) is 12.7 Å². The summed E-state index contributed by atoms with van der Waals surface area (Å²) in [6.45, 7) is 4.43. The molecule has 6 heteroatoms. The first kappa shape index (κ1) is 21.7. The van der Waals surface area contributed by atoms with Gasteiger partial charge in [0.1, 0.15) is 11.6 Å². The van der Waals surface area contributed by atoms with E-state index in [9.17, 15) is 14.9 Å². The van der Waals surface area contributed by atoms with Gasteiger partial charge in [-0.25, -0.2) is 4.79 Å². The van der Waals surface area contributed by atoms with Crippen molar-refractivity contribution in [3.63, 3.8) is 0 Å². The molecule has 0 aliphatic carbocycles. The molecule has 0 aliphatic rings. The summed E-state index contributed by atoms with van der Waals surface area (Å²) >= 11 is 0. The van der Waals surface area contributed by atoms with E-state index in [0.29, 0.717) is 23.4 Å². The molecule has 0 aliphatic heterocycles. The zero-order valence-electron chi connectivity index (χ0n) is 16.8. The molecule has 2 aromatic carbocycles. The van der Waals surface area contributed by atoms with Crippen LogP contribution in [0.15, 0.2) is 48.0 Å². The summed E-state index contributed by atoms with van der Waals surface area (Å²) in [7, 11) is 1.45. The molecule has 0 heterocycles. The Labute approximate surface area is 170 Å². The number of benzene rings is 2. The van der Waals surface area contributed by atoms with Crippen LogP contribution in [0.2, 0.25) is 0 Å². The van der Waals surface area contributed by atoms with Crippen LogP contribution in [-0.2, 0) is 4.79 Å². The molecule has 0 atom stereocenters. The first-order chi connectivity index (χ1) is 14.0. The Morgan fingerprint density at radius 1 is 1.17 bits per heavy atom. The number of ether oxygens (including phenoxy) is 2. The molecule has 0 saturated heterocycles. The lowest BCUT2D eigenvalue weighted by atomic mass is 10.1. The van der Waals surface area contributed by atoms with Gasteiger partial charge in [-0.3, -0.25) is 4.79 Å². The van der Waals surface area contributed by atoms with E-state index in [1.165, 1.54) is 13.2 Å². The van der Waals surface area contributed by atoms with E-state index < -0.39 is 11.9 Å². The highest BCUT2D eigenvalue weighted by Gasteiger charge is 2.14. The Hall–Kier alpha value is -3.59. The number of hydrogen-bond acceptors (Lipinski definition) is 5. The van der Waals surface area contributed by atoms with Gasteiger partial charge in [0, 0.05) is 6.54 Å². The number of rotatable bonds is 8. The summed E-state index contributed by atoms with van der Waals surface area (Å²) in [6, 6.07) is 13.8. The minimum atomic E-state index is -0.497. The molecule has 0 bridgehead atoms. The van der Waals surface area contributed by atoms with Crippen molar-refractivity contribution < 1.29 is 19.1 Å². The molecule has 6 nitrogen and oxygen atoms in total. The summed E-state index contributed by atoms with van der Waals surface area (Å²) in [6.07, 6.45) is 3.26. The van der Waals surface area contributed by atoms with Gasteiger partial charge in [0.15, 0.2) is 11.5 Å². The Bertz CT molecular complexity index is 958. The summed E-state index contributed by atoms with van der Waals surface area (Å²) in [5.74, 6) is -0.344. The molecule has 0 radical (unpaired) electrons. The molecule has 0 saturated carbocycles. The van der Waals surface area contributed by atoms with Crippen molar-refractivity contribution in [2.45, 2.75) is 26.7 Å². The number of nitriles is 1. The monoisotopic (exact) mass is 392 g/mol. The predicted molar refractivity (Wildman–Crippen MR) is 111 cm³/mol. The Morgan fingerprint density at radius 3 is 2.62 bits per heavy atom. The van der Waals surface area contributed by atoms with Crippen molar-refractivity contribution in [2.75, 3.05) is 13.7 Å². The van der Waals surface area contributed by atoms with Crippen LogP contribution in [0.5, 0.6) is 11.5 Å². The number of carbonyl (C=O) groups excluding carboxylic acids is 2. The molecule has 0 unspecified atom stereocenters. The van der Waals surface area contributed by atoms with Crippen molar-refractivity contribution >= 4 is 18.0 Å². The maximum Gasteiger partial charge on any atom is 0.343 e. The number of amides is 1. The molecule has 29 heavy (non-hydrogen) atoms. The fraction of sp³-hybridized carbons (Fsp3) is 0.261. The van der Waals surface area contributed by atoms with E-state index in [-0.39, 0.29) is 11.3 Å². The topological polar surface area (TPSA) is 88.4 Å². The summed E-state index contributed by atoms with van der Waals surface area (Å²) in [5.41, 5.74) is 1.96. The largest absolute Gasteiger partial charge is 0.493 e. The van der Waals surface area contributed by atoms with Crippen molar-refractivity contribution in [3.8, 4) is 17.6 Å². The van der Waals surface area contributed by atoms with Crippen LogP contribution >= 0.6 is 0 Å². The first-order valence-electron chi connectivity index (χ1n) is 9.35. The second-order valence-corrected chi connectivity index (χ2v) is 6.45. The number of hydrogen-bond donors (Lipinski definition) is 1. The van der Waals surface area contributed by atoms with E-state index in [2.05, 4.69) is 5.32 Å². The van der Waals surface area contributed by atoms with Gasteiger partial charge in [0.2, 0.25) is 0 Å². The molecule has 0 aromatic heterocycles. The average molecular weight is 392 g/mol. The number of esters is 1. The zero-order chi connectivity index (χ0) is 21.2. The number of nitrogens with one attached hydrogen (secondary N) is 1. The molecular formula is C23H24N2O4. The van der Waals surface area contributed by atoms with Gasteiger partial charge < -0.3 is 14.8 Å². The fourth-order valence-electron chi connectivity index (χ4n) is 2.58. The Balaban J connectivity index is 2.20. The smallest absolute Gasteiger partial charge is 0.343 e. The highest BCUT2D eigenvalue weighted by atomic mass is 16.6. The molecule has 2 aromatic rings. The maximum atomic E-state index is 12.4. The highest BCUT2D eigenvalue weighted by Crippen LogP contribution is 2.29. The minimum Gasteiger partial charge on any atom is -0.493 e. The zero-order valence-corrected chi connectivity index (χ0v) is 16.8. The third kappa shape index (κ3) is 6.22. The number of methoxy groups -OCH3 is 1. The lowest BCUT2D eigenvalue weighted by Crippen LogP contribution is -2.25. The number of nitrogens with zero attached hydrogens (tertiary/aromatic N) is 1. The van der Waals surface area contributed by atoms with Crippen LogP contribution in [0, 0.1) is 18.3 Å². The summed E-state index contributed by atoms with van der Waals surface area (Å²) in [4.78, 5) is 24.5. The van der Waals surface area contributed by atoms with E-state index in [4.69, 9.17) is 9.47 Å². The molecule has 0 spiro atoms. The molecule has 1 N–H and O–H groups in total. The van der Waals surface area contributed by atoms with E-state index in [1.807, 2.05) is 26.0 Å². The minimum absolute atomic E-state index is 0.00679. The predicted octanol–water partition coefficient (Wildman–Crippen LogP) is 4.05. The first-order valence-corrected chi connectivity index (χ1v) is 9.35. The van der Waals surface area contributed by atoms with Gasteiger partial charge in [-0.15, -0.1) is 0 Å². The molecule has 0 fully saturated rings. The third-order valence-electron chi connectivity index (χ3n) is 4.14. The van der Waals surface area contributed by atoms with E-state index in [0.717, 1.165) is 18.4 Å². The fourth-order valence-corrected chi connectivity index (χ4v) is 2.58. The number of carbonyl (C=O) groups is 2. The van der Waals surface area contributed by atoms with Crippen molar-refractivity contribution in [1.82, 2.24) is 5.32 Å². The summed E-state index contributed by atoms with van der Waals surface area (Å²) < 4.78 is 10.8. The quantitative estimate of drug-likeness (QED) is 0.241. The average Bonchev–Trinajstić information content (AvgIpc) is 2.72. The number of aryl methyl sites for hydroxylation is 1. The van der Waals surface area contributed by atoms with Crippen LogP contribution in [0.3, 0.4) is 0 Å². The van der Waals surface area contributed by atoms with Crippen LogP contribution in [0.25, 0.3) is 6.08 Å². The van der Waals surface area contributed by atoms with E-state index >= 15 is 0 Å². The Kier molecular flexibility index (Phi) is 7.99. The second-order valence-electron chi connectivity index (χ2n) is 6.45. The summed E-state index contributed by atoms with van der Waals surface area (Å²) in [5, 5.41) is 12.0. The SMILES string of the molecule is CCCCNC(=O)/C(C#N)=C/c1ccc(OC(=O)c2cccc(C)c2)c(OC)c1. The lowest BCUT2D eigenvalue weighted by Gasteiger charge is -2.10. The van der Waals surface area contributed by atoms with Gasteiger partial charge in [-0.1, -0.05) is 37.1 Å². The van der Waals surface area contributed by atoms with Crippen LogP contribution < -0.4 is 14.8 Å². The van der Waals surface area contributed by atoms with Gasteiger partial charge in [-0.2, -0.15) is 5.26 Å². The van der Waals surface area contributed by atoms with Gasteiger partial charge >= 0.3 is 5.97 Å². The van der Waals surface area contributed by atoms with Crippen molar-refractivity contribution in [1.29, 1.82) is 5.26 Å². The van der Waals surface area contributed by atoms with Gasteiger partial charge in [0.25, 0.3) is 5.91 Å².